The van der Waals surface area contributed by atoms with Crippen LogP contribution in [0.1, 0.15) is 20.3 Å². The highest BCUT2D eigenvalue weighted by Gasteiger charge is 2.20. The molecule has 19 heavy (non-hydrogen) atoms. The summed E-state index contributed by atoms with van der Waals surface area (Å²) in [4.78, 5) is 0. The van der Waals surface area contributed by atoms with Crippen molar-refractivity contribution < 1.29 is 12.8 Å². The quantitative estimate of drug-likeness (QED) is 0.741. The molecule has 0 aliphatic rings. The molecule has 0 saturated carbocycles. The van der Waals surface area contributed by atoms with Crippen LogP contribution >= 0.6 is 15.9 Å². The van der Waals surface area contributed by atoms with Gasteiger partial charge in [0.1, 0.15) is 5.82 Å². The molecule has 0 saturated heterocycles. The predicted octanol–water partition coefficient (Wildman–Crippen LogP) is 2.72. The van der Waals surface area contributed by atoms with Gasteiger partial charge >= 0.3 is 0 Å². The summed E-state index contributed by atoms with van der Waals surface area (Å²) in [6, 6.07) is 4.12. The third-order valence-corrected chi connectivity index (χ3v) is 4.96. The molecule has 0 aliphatic heterocycles. The molecular weight excluding hydrogens is 335 g/mol. The van der Waals surface area contributed by atoms with Gasteiger partial charge in [-0.3, -0.25) is 4.72 Å². The summed E-state index contributed by atoms with van der Waals surface area (Å²) in [6.45, 7) is 4.75. The number of hydrogen-bond acceptors (Lipinski definition) is 3. The number of hydrogen-bond donors (Lipinski definition) is 2. The van der Waals surface area contributed by atoms with E-state index in [0.717, 1.165) is 19.0 Å². The topological polar surface area (TPSA) is 58.2 Å². The summed E-state index contributed by atoms with van der Waals surface area (Å²) in [5, 5.41) is 2.45. The van der Waals surface area contributed by atoms with Gasteiger partial charge in [-0.1, -0.05) is 6.92 Å². The van der Waals surface area contributed by atoms with E-state index in [1.54, 1.807) is 6.92 Å². The molecule has 0 amide bonds. The molecule has 0 fully saturated rings. The highest BCUT2D eigenvalue weighted by molar-refractivity contribution is 9.10. The Bertz CT molecular complexity index is 522. The Kier molecular flexibility index (Phi) is 6.22. The maximum Gasteiger partial charge on any atom is 0.236 e. The molecule has 1 rings (SSSR count). The Labute approximate surface area is 122 Å². The van der Waals surface area contributed by atoms with Crippen LogP contribution in [0.4, 0.5) is 10.1 Å². The fraction of sp³-hybridized carbons (Fsp3) is 0.500. The Morgan fingerprint density at radius 3 is 2.68 bits per heavy atom. The summed E-state index contributed by atoms with van der Waals surface area (Å²) < 4.78 is 40.0. The van der Waals surface area contributed by atoms with Gasteiger partial charge in [-0.2, -0.15) is 0 Å². The second-order valence-corrected chi connectivity index (χ2v) is 7.24. The van der Waals surface area contributed by atoms with Gasteiger partial charge in [0.2, 0.25) is 10.0 Å². The second kappa shape index (κ2) is 7.21. The molecule has 0 spiro atoms. The highest BCUT2D eigenvalue weighted by Crippen LogP contribution is 2.20. The number of nitrogens with one attached hydrogen (secondary N) is 2. The van der Waals surface area contributed by atoms with Crippen molar-refractivity contribution in [3.05, 3.63) is 28.5 Å². The number of halogens is 2. The van der Waals surface area contributed by atoms with Gasteiger partial charge in [0.05, 0.1) is 15.4 Å². The summed E-state index contributed by atoms with van der Waals surface area (Å²) in [6.07, 6.45) is 0.943. The average molecular weight is 353 g/mol. The van der Waals surface area contributed by atoms with Crippen LogP contribution in [0, 0.1) is 5.82 Å². The standard InChI is InChI=1S/C12H18BrFN2O2S/c1-3-6-15-8-9(2)19(17,18)16-10-4-5-11(13)12(14)7-10/h4-5,7,9,15-16H,3,6,8H2,1-2H3. The van der Waals surface area contributed by atoms with Crippen LogP contribution in [0.25, 0.3) is 0 Å². The largest absolute Gasteiger partial charge is 0.315 e. The van der Waals surface area contributed by atoms with E-state index in [1.807, 2.05) is 6.92 Å². The van der Waals surface area contributed by atoms with Gasteiger partial charge in [-0.15, -0.1) is 0 Å². The molecule has 7 heteroatoms. The lowest BCUT2D eigenvalue weighted by atomic mass is 10.3. The molecule has 4 nitrogen and oxygen atoms in total. The van der Waals surface area contributed by atoms with Crippen LogP contribution < -0.4 is 10.0 Å². The minimum atomic E-state index is -3.52. The molecule has 0 bridgehead atoms. The number of sulfonamides is 1. The molecule has 108 valence electrons. The smallest absolute Gasteiger partial charge is 0.236 e. The molecule has 0 heterocycles. The zero-order valence-corrected chi connectivity index (χ0v) is 13.3. The van der Waals surface area contributed by atoms with Gasteiger partial charge in [-0.25, -0.2) is 12.8 Å². The van der Waals surface area contributed by atoms with Crippen molar-refractivity contribution in [1.82, 2.24) is 5.32 Å². The molecule has 1 aromatic rings. The fourth-order valence-electron chi connectivity index (χ4n) is 1.42. The third-order valence-electron chi connectivity index (χ3n) is 2.57. The number of rotatable bonds is 7. The number of benzene rings is 1. The summed E-state index contributed by atoms with van der Waals surface area (Å²) in [7, 11) is -3.52. The normalized spacial score (nSPS) is 13.3. The lowest BCUT2D eigenvalue weighted by Crippen LogP contribution is -2.35. The monoisotopic (exact) mass is 352 g/mol. The molecule has 1 unspecified atom stereocenters. The summed E-state index contributed by atoms with van der Waals surface area (Å²) in [5.74, 6) is -0.503. The number of anilines is 1. The van der Waals surface area contributed by atoms with Crippen LogP contribution in [0.5, 0.6) is 0 Å². The van der Waals surface area contributed by atoms with E-state index in [9.17, 15) is 12.8 Å². The summed E-state index contributed by atoms with van der Waals surface area (Å²) in [5.41, 5.74) is 0.225. The van der Waals surface area contributed by atoms with Crippen molar-refractivity contribution in [3.8, 4) is 0 Å². The molecule has 0 aromatic heterocycles. The van der Waals surface area contributed by atoms with Crippen LogP contribution in [-0.2, 0) is 10.0 Å². The van der Waals surface area contributed by atoms with E-state index >= 15 is 0 Å². The second-order valence-electron chi connectivity index (χ2n) is 4.29. The van der Waals surface area contributed by atoms with Gasteiger partial charge < -0.3 is 5.32 Å². The van der Waals surface area contributed by atoms with Gasteiger partial charge in [0, 0.05) is 6.54 Å². The lowest BCUT2D eigenvalue weighted by Gasteiger charge is -2.15. The maximum atomic E-state index is 13.3. The molecule has 0 aliphatic carbocycles. The van der Waals surface area contributed by atoms with Crippen molar-refractivity contribution in [2.45, 2.75) is 25.5 Å². The van der Waals surface area contributed by atoms with Crippen LogP contribution in [0.2, 0.25) is 0 Å². The van der Waals surface area contributed by atoms with E-state index in [0.29, 0.717) is 11.0 Å². The van der Waals surface area contributed by atoms with E-state index in [4.69, 9.17) is 0 Å². The van der Waals surface area contributed by atoms with Crippen LogP contribution in [0.3, 0.4) is 0 Å². The zero-order valence-electron chi connectivity index (χ0n) is 10.9. The van der Waals surface area contributed by atoms with Crippen molar-refractivity contribution >= 4 is 31.6 Å². The van der Waals surface area contributed by atoms with E-state index < -0.39 is 21.1 Å². The molecular formula is C12H18BrFN2O2S. The van der Waals surface area contributed by atoms with Crippen LogP contribution in [0.15, 0.2) is 22.7 Å². The van der Waals surface area contributed by atoms with E-state index in [-0.39, 0.29) is 5.69 Å². The van der Waals surface area contributed by atoms with Crippen molar-refractivity contribution in [3.63, 3.8) is 0 Å². The Morgan fingerprint density at radius 1 is 1.42 bits per heavy atom. The van der Waals surface area contributed by atoms with Gasteiger partial charge in [0.15, 0.2) is 0 Å². The molecule has 0 radical (unpaired) electrons. The highest BCUT2D eigenvalue weighted by atomic mass is 79.9. The predicted molar refractivity (Wildman–Crippen MR) is 79.3 cm³/mol. The SMILES string of the molecule is CCCNCC(C)S(=O)(=O)Nc1ccc(Br)c(F)c1. The van der Waals surface area contributed by atoms with Crippen LogP contribution in [-0.4, -0.2) is 26.8 Å². The summed E-state index contributed by atoms with van der Waals surface area (Å²) >= 11 is 3.02. The maximum absolute atomic E-state index is 13.3. The van der Waals surface area contributed by atoms with Crippen molar-refractivity contribution in [2.75, 3.05) is 17.8 Å². The lowest BCUT2D eigenvalue weighted by molar-refractivity contribution is 0.575. The van der Waals surface area contributed by atoms with Crippen molar-refractivity contribution in [2.24, 2.45) is 0 Å². The molecule has 2 N–H and O–H groups in total. The average Bonchev–Trinajstić information content (AvgIpc) is 2.33. The van der Waals surface area contributed by atoms with E-state index in [1.165, 1.54) is 12.1 Å². The van der Waals surface area contributed by atoms with Gasteiger partial charge in [0.25, 0.3) is 0 Å². The first-order valence-electron chi connectivity index (χ1n) is 6.04. The first-order chi connectivity index (χ1) is 8.86. The van der Waals surface area contributed by atoms with E-state index in [2.05, 4.69) is 26.0 Å². The Balaban J connectivity index is 2.70. The zero-order chi connectivity index (χ0) is 14.5. The minimum Gasteiger partial charge on any atom is -0.315 e. The third kappa shape index (κ3) is 5.08. The Hall–Kier alpha value is -0.660. The fourth-order valence-corrected chi connectivity index (χ4v) is 2.66. The Morgan fingerprint density at radius 2 is 2.11 bits per heavy atom. The minimum absolute atomic E-state index is 0.225. The van der Waals surface area contributed by atoms with Gasteiger partial charge in [-0.05, 0) is 54.0 Å². The first-order valence-corrected chi connectivity index (χ1v) is 8.38. The van der Waals surface area contributed by atoms with Crippen molar-refractivity contribution in [1.29, 1.82) is 0 Å². The first kappa shape index (κ1) is 16.4. The molecule has 1 aromatic carbocycles. The molecule has 1 atom stereocenters.